The van der Waals surface area contributed by atoms with Crippen molar-refractivity contribution in [1.82, 2.24) is 5.32 Å². The zero-order valence-electron chi connectivity index (χ0n) is 10.6. The van der Waals surface area contributed by atoms with Crippen LogP contribution < -0.4 is 5.32 Å². The molecule has 0 bridgehead atoms. The fraction of sp³-hybridized carbons (Fsp3) is 0.923. The summed E-state index contributed by atoms with van der Waals surface area (Å²) in [7, 11) is 0. The fourth-order valence-electron chi connectivity index (χ4n) is 2.04. The van der Waals surface area contributed by atoms with Crippen molar-refractivity contribution in [3.05, 3.63) is 0 Å². The molecule has 0 aromatic heterocycles. The summed E-state index contributed by atoms with van der Waals surface area (Å²) in [5.41, 5.74) is 0. The molecule has 0 aromatic rings. The minimum absolute atomic E-state index is 0.157. The quantitative estimate of drug-likeness (QED) is 0.725. The lowest BCUT2D eigenvalue weighted by Gasteiger charge is -2.13. The van der Waals surface area contributed by atoms with Gasteiger partial charge in [0.1, 0.15) is 0 Å². The molecule has 0 spiro atoms. The van der Waals surface area contributed by atoms with Crippen LogP contribution in [0, 0.1) is 5.92 Å². The number of carbonyl (C=O) groups excluding carboxylic acids is 1. The highest BCUT2D eigenvalue weighted by Gasteiger charge is 2.16. The van der Waals surface area contributed by atoms with Crippen LogP contribution in [0.1, 0.15) is 52.4 Å². The molecule has 0 unspecified atom stereocenters. The smallest absolute Gasteiger partial charge is 0.222 e. The highest BCUT2D eigenvalue weighted by atomic mass is 16.5. The molecule has 0 aromatic carbocycles. The molecule has 0 saturated carbocycles. The molecule has 2 atom stereocenters. The summed E-state index contributed by atoms with van der Waals surface area (Å²) in [4.78, 5) is 11.7. The van der Waals surface area contributed by atoms with Gasteiger partial charge in [0.05, 0.1) is 6.10 Å². The van der Waals surface area contributed by atoms with E-state index in [2.05, 4.69) is 12.2 Å². The lowest BCUT2D eigenvalue weighted by molar-refractivity contribution is -0.124. The molecule has 1 aliphatic rings. The van der Waals surface area contributed by atoms with E-state index in [1.807, 2.05) is 6.92 Å². The van der Waals surface area contributed by atoms with E-state index < -0.39 is 0 Å². The van der Waals surface area contributed by atoms with Gasteiger partial charge in [0.15, 0.2) is 0 Å². The first-order valence-corrected chi connectivity index (χ1v) is 6.63. The predicted molar refractivity (Wildman–Crippen MR) is 65.3 cm³/mol. The second-order valence-electron chi connectivity index (χ2n) is 4.76. The Labute approximate surface area is 98.9 Å². The average molecular weight is 227 g/mol. The van der Waals surface area contributed by atoms with Gasteiger partial charge < -0.3 is 10.1 Å². The van der Waals surface area contributed by atoms with E-state index in [4.69, 9.17) is 4.74 Å². The van der Waals surface area contributed by atoms with Crippen molar-refractivity contribution in [3.63, 3.8) is 0 Å². The van der Waals surface area contributed by atoms with Crippen LogP contribution in [0.2, 0.25) is 0 Å². The summed E-state index contributed by atoms with van der Waals surface area (Å²) in [5, 5.41) is 3.00. The SMILES string of the molecule is CCCC[C@H](C)C(=O)NCC[C@H]1CCCO1. The van der Waals surface area contributed by atoms with Crippen molar-refractivity contribution in [2.75, 3.05) is 13.2 Å². The van der Waals surface area contributed by atoms with Gasteiger partial charge in [-0.25, -0.2) is 0 Å². The molecular formula is C13H25NO2. The van der Waals surface area contributed by atoms with Crippen LogP contribution >= 0.6 is 0 Å². The maximum absolute atomic E-state index is 11.7. The third kappa shape index (κ3) is 4.97. The maximum Gasteiger partial charge on any atom is 0.222 e. The van der Waals surface area contributed by atoms with Crippen LogP contribution in [-0.4, -0.2) is 25.2 Å². The number of nitrogens with one attached hydrogen (secondary N) is 1. The molecule has 1 rings (SSSR count). The van der Waals surface area contributed by atoms with Gasteiger partial charge in [-0.15, -0.1) is 0 Å². The van der Waals surface area contributed by atoms with E-state index in [0.29, 0.717) is 6.10 Å². The van der Waals surface area contributed by atoms with E-state index in [0.717, 1.165) is 45.3 Å². The molecule has 1 heterocycles. The van der Waals surface area contributed by atoms with E-state index >= 15 is 0 Å². The first-order valence-electron chi connectivity index (χ1n) is 6.63. The van der Waals surface area contributed by atoms with E-state index in [9.17, 15) is 4.79 Å². The van der Waals surface area contributed by atoms with Crippen LogP contribution in [-0.2, 0) is 9.53 Å². The first-order chi connectivity index (χ1) is 7.74. The molecule has 16 heavy (non-hydrogen) atoms. The molecule has 1 N–H and O–H groups in total. The van der Waals surface area contributed by atoms with E-state index in [1.54, 1.807) is 0 Å². The molecule has 1 fully saturated rings. The Kier molecular flexibility index (Phi) is 6.46. The molecule has 3 heteroatoms. The zero-order valence-corrected chi connectivity index (χ0v) is 10.6. The van der Waals surface area contributed by atoms with Crippen LogP contribution in [0.15, 0.2) is 0 Å². The fourth-order valence-corrected chi connectivity index (χ4v) is 2.04. The number of amides is 1. The Morgan fingerprint density at radius 2 is 2.38 bits per heavy atom. The summed E-state index contributed by atoms with van der Waals surface area (Å²) in [6, 6.07) is 0. The van der Waals surface area contributed by atoms with E-state index in [1.165, 1.54) is 6.42 Å². The number of hydrogen-bond acceptors (Lipinski definition) is 2. The van der Waals surface area contributed by atoms with Crippen LogP contribution in [0.25, 0.3) is 0 Å². The van der Waals surface area contributed by atoms with Crippen molar-refractivity contribution in [3.8, 4) is 0 Å². The van der Waals surface area contributed by atoms with Gasteiger partial charge in [-0.2, -0.15) is 0 Å². The molecule has 1 aliphatic heterocycles. The topological polar surface area (TPSA) is 38.3 Å². The summed E-state index contributed by atoms with van der Waals surface area (Å²) in [6.45, 7) is 5.82. The Morgan fingerprint density at radius 1 is 1.56 bits per heavy atom. The second-order valence-corrected chi connectivity index (χ2v) is 4.76. The van der Waals surface area contributed by atoms with Crippen molar-refractivity contribution in [2.24, 2.45) is 5.92 Å². The van der Waals surface area contributed by atoms with Gasteiger partial charge in [0, 0.05) is 19.1 Å². The summed E-state index contributed by atoms with van der Waals surface area (Å²) < 4.78 is 5.51. The second kappa shape index (κ2) is 7.66. The Hall–Kier alpha value is -0.570. The highest BCUT2D eigenvalue weighted by Crippen LogP contribution is 2.14. The highest BCUT2D eigenvalue weighted by molar-refractivity contribution is 5.78. The van der Waals surface area contributed by atoms with Gasteiger partial charge >= 0.3 is 0 Å². The van der Waals surface area contributed by atoms with Gasteiger partial charge in [-0.3, -0.25) is 4.79 Å². The number of unbranched alkanes of at least 4 members (excludes halogenated alkanes) is 1. The van der Waals surface area contributed by atoms with Crippen molar-refractivity contribution < 1.29 is 9.53 Å². The third-order valence-corrected chi connectivity index (χ3v) is 3.23. The van der Waals surface area contributed by atoms with Crippen LogP contribution in [0.3, 0.4) is 0 Å². The Morgan fingerprint density at radius 3 is 3.00 bits per heavy atom. The molecule has 3 nitrogen and oxygen atoms in total. The van der Waals surface area contributed by atoms with Crippen LogP contribution in [0.4, 0.5) is 0 Å². The molecule has 0 radical (unpaired) electrons. The van der Waals surface area contributed by atoms with Crippen molar-refractivity contribution in [2.45, 2.75) is 58.5 Å². The lowest BCUT2D eigenvalue weighted by atomic mass is 10.0. The minimum atomic E-state index is 0.157. The largest absolute Gasteiger partial charge is 0.378 e. The minimum Gasteiger partial charge on any atom is -0.378 e. The van der Waals surface area contributed by atoms with Gasteiger partial charge in [0.25, 0.3) is 0 Å². The number of hydrogen-bond donors (Lipinski definition) is 1. The van der Waals surface area contributed by atoms with Gasteiger partial charge in [0.2, 0.25) is 5.91 Å². The average Bonchev–Trinajstić information content (AvgIpc) is 2.78. The summed E-state index contributed by atoms with van der Waals surface area (Å²) >= 11 is 0. The summed E-state index contributed by atoms with van der Waals surface area (Å²) in [5.74, 6) is 0.357. The Bertz CT molecular complexity index is 200. The van der Waals surface area contributed by atoms with Crippen molar-refractivity contribution >= 4 is 5.91 Å². The third-order valence-electron chi connectivity index (χ3n) is 3.23. The van der Waals surface area contributed by atoms with Crippen molar-refractivity contribution in [1.29, 1.82) is 0 Å². The number of ether oxygens (including phenoxy) is 1. The molecular weight excluding hydrogens is 202 g/mol. The zero-order chi connectivity index (χ0) is 11.8. The lowest BCUT2D eigenvalue weighted by Crippen LogP contribution is -2.31. The maximum atomic E-state index is 11.7. The first kappa shape index (κ1) is 13.5. The normalized spacial score (nSPS) is 22.0. The molecule has 0 aliphatic carbocycles. The number of rotatable bonds is 7. The Balaban J connectivity index is 2.04. The monoisotopic (exact) mass is 227 g/mol. The van der Waals surface area contributed by atoms with Gasteiger partial charge in [-0.1, -0.05) is 26.7 Å². The number of carbonyl (C=O) groups is 1. The molecule has 1 amide bonds. The molecule has 94 valence electrons. The molecule has 1 saturated heterocycles. The van der Waals surface area contributed by atoms with Gasteiger partial charge in [-0.05, 0) is 25.7 Å². The predicted octanol–water partition coefficient (Wildman–Crippen LogP) is 2.50. The van der Waals surface area contributed by atoms with Crippen LogP contribution in [0.5, 0.6) is 0 Å². The summed E-state index contributed by atoms with van der Waals surface area (Å²) in [6.07, 6.45) is 6.97. The van der Waals surface area contributed by atoms with E-state index in [-0.39, 0.29) is 11.8 Å². The standard InChI is InChI=1S/C13H25NO2/c1-3-4-6-11(2)13(15)14-9-8-12-7-5-10-16-12/h11-12H,3-10H2,1-2H3,(H,14,15)/t11-,12+/m0/s1.